The first-order valence-corrected chi connectivity index (χ1v) is 7.34. The summed E-state index contributed by atoms with van der Waals surface area (Å²) in [5, 5.41) is 3.01. The van der Waals surface area contributed by atoms with Gasteiger partial charge in [0.25, 0.3) is 0 Å². The van der Waals surface area contributed by atoms with Crippen LogP contribution in [-0.2, 0) is 9.53 Å². The average Bonchev–Trinajstić information content (AvgIpc) is 2.45. The Hall–Kier alpha value is -1.55. The van der Waals surface area contributed by atoms with Gasteiger partial charge in [-0.3, -0.25) is 4.79 Å². The van der Waals surface area contributed by atoms with Gasteiger partial charge in [0.1, 0.15) is 11.3 Å². The van der Waals surface area contributed by atoms with Gasteiger partial charge in [-0.1, -0.05) is 26.0 Å². The molecule has 0 aliphatic heterocycles. The lowest BCUT2D eigenvalue weighted by Gasteiger charge is -2.26. The molecule has 4 nitrogen and oxygen atoms in total. The lowest BCUT2D eigenvalue weighted by molar-refractivity contribution is -0.148. The van der Waals surface area contributed by atoms with Crippen LogP contribution in [0.5, 0.6) is 5.75 Å². The maximum atomic E-state index is 11.8. The second kappa shape index (κ2) is 7.46. The number of ether oxygens (including phenoxy) is 2. The molecule has 1 atom stereocenters. The molecule has 1 aromatic carbocycles. The summed E-state index contributed by atoms with van der Waals surface area (Å²) in [6.07, 6.45) is 0.543. The van der Waals surface area contributed by atoms with E-state index in [1.807, 2.05) is 19.9 Å². The van der Waals surface area contributed by atoms with Crippen molar-refractivity contribution in [3.63, 3.8) is 0 Å². The second-order valence-electron chi connectivity index (χ2n) is 5.87. The molecule has 0 aliphatic carbocycles. The lowest BCUT2D eigenvalue weighted by Crippen LogP contribution is -2.49. The van der Waals surface area contributed by atoms with Crippen molar-refractivity contribution >= 4 is 5.97 Å². The van der Waals surface area contributed by atoms with Gasteiger partial charge in [0.15, 0.2) is 0 Å². The Morgan fingerprint density at radius 3 is 2.57 bits per heavy atom. The SMILES string of the molecule is CNC(C)(CCOc1cc(C)ccc1C(C)C)C(=O)OC. The van der Waals surface area contributed by atoms with Crippen molar-refractivity contribution in [1.82, 2.24) is 5.32 Å². The number of benzene rings is 1. The first-order chi connectivity index (χ1) is 9.84. The largest absolute Gasteiger partial charge is 0.493 e. The van der Waals surface area contributed by atoms with Gasteiger partial charge in [-0.25, -0.2) is 0 Å². The van der Waals surface area contributed by atoms with Gasteiger partial charge in [0.05, 0.1) is 13.7 Å². The van der Waals surface area contributed by atoms with Crippen LogP contribution in [-0.4, -0.2) is 32.3 Å². The van der Waals surface area contributed by atoms with Crippen molar-refractivity contribution in [1.29, 1.82) is 0 Å². The van der Waals surface area contributed by atoms with E-state index in [-0.39, 0.29) is 5.97 Å². The zero-order valence-electron chi connectivity index (χ0n) is 13.9. The average molecular weight is 293 g/mol. The first-order valence-electron chi connectivity index (χ1n) is 7.34. The summed E-state index contributed by atoms with van der Waals surface area (Å²) < 4.78 is 10.8. The molecule has 0 radical (unpaired) electrons. The second-order valence-corrected chi connectivity index (χ2v) is 5.87. The summed E-state index contributed by atoms with van der Waals surface area (Å²) in [5.74, 6) is 1.02. The van der Waals surface area contributed by atoms with Gasteiger partial charge in [-0.05, 0) is 44.0 Å². The molecule has 0 aromatic heterocycles. The molecule has 21 heavy (non-hydrogen) atoms. The number of likely N-dealkylation sites (N-methyl/N-ethyl adjacent to an activating group) is 1. The molecular formula is C17H27NO3. The number of carbonyl (C=O) groups is 1. The zero-order chi connectivity index (χ0) is 16.0. The Morgan fingerprint density at radius 1 is 1.38 bits per heavy atom. The third-order valence-corrected chi connectivity index (χ3v) is 3.84. The van der Waals surface area contributed by atoms with Crippen LogP contribution in [0.3, 0.4) is 0 Å². The highest BCUT2D eigenvalue weighted by Gasteiger charge is 2.32. The third kappa shape index (κ3) is 4.46. The van der Waals surface area contributed by atoms with E-state index in [4.69, 9.17) is 9.47 Å². The number of rotatable bonds is 7. The van der Waals surface area contributed by atoms with Crippen LogP contribution in [0.2, 0.25) is 0 Å². The number of hydrogen-bond donors (Lipinski definition) is 1. The molecule has 0 saturated heterocycles. The molecule has 0 amide bonds. The highest BCUT2D eigenvalue weighted by atomic mass is 16.5. The van der Waals surface area contributed by atoms with Crippen LogP contribution in [0.15, 0.2) is 18.2 Å². The molecule has 4 heteroatoms. The summed E-state index contributed by atoms with van der Waals surface area (Å²) in [6.45, 7) is 8.61. The smallest absolute Gasteiger partial charge is 0.325 e. The van der Waals surface area contributed by atoms with Crippen molar-refractivity contribution in [2.24, 2.45) is 0 Å². The maximum Gasteiger partial charge on any atom is 0.325 e. The van der Waals surface area contributed by atoms with Crippen molar-refractivity contribution < 1.29 is 14.3 Å². The summed E-state index contributed by atoms with van der Waals surface area (Å²) in [7, 11) is 3.15. The van der Waals surface area contributed by atoms with Crippen LogP contribution in [0.1, 0.15) is 44.2 Å². The number of carbonyl (C=O) groups excluding carboxylic acids is 1. The standard InChI is InChI=1S/C17H27NO3/c1-12(2)14-8-7-13(3)11-15(14)21-10-9-17(4,18-5)16(19)20-6/h7-8,11-12,18H,9-10H2,1-6H3. The number of aryl methyl sites for hydroxylation is 1. The molecule has 0 saturated carbocycles. The Labute approximate surface area is 127 Å². The van der Waals surface area contributed by atoms with E-state index < -0.39 is 5.54 Å². The van der Waals surface area contributed by atoms with E-state index in [0.29, 0.717) is 18.9 Å². The molecule has 0 aliphatic rings. The van der Waals surface area contributed by atoms with Gasteiger partial charge < -0.3 is 14.8 Å². The van der Waals surface area contributed by atoms with E-state index >= 15 is 0 Å². The molecule has 0 bridgehead atoms. The van der Waals surface area contributed by atoms with Crippen molar-refractivity contribution in [3.05, 3.63) is 29.3 Å². The quantitative estimate of drug-likeness (QED) is 0.785. The minimum absolute atomic E-state index is 0.276. The predicted octanol–water partition coefficient (Wildman–Crippen LogP) is 3.04. The van der Waals surface area contributed by atoms with Gasteiger partial charge >= 0.3 is 5.97 Å². The van der Waals surface area contributed by atoms with Crippen molar-refractivity contribution in [2.75, 3.05) is 20.8 Å². The maximum absolute atomic E-state index is 11.8. The fourth-order valence-corrected chi connectivity index (χ4v) is 2.16. The zero-order valence-corrected chi connectivity index (χ0v) is 13.9. The van der Waals surface area contributed by atoms with E-state index in [1.165, 1.54) is 18.2 Å². The summed E-state index contributed by atoms with van der Waals surface area (Å²) in [5.41, 5.74) is 1.62. The normalized spacial score (nSPS) is 13.9. The van der Waals surface area contributed by atoms with Crippen LogP contribution in [0.25, 0.3) is 0 Å². The van der Waals surface area contributed by atoms with Gasteiger partial charge in [0, 0.05) is 6.42 Å². The summed E-state index contributed by atoms with van der Waals surface area (Å²) in [4.78, 5) is 11.8. The fourth-order valence-electron chi connectivity index (χ4n) is 2.16. The van der Waals surface area contributed by atoms with E-state index in [2.05, 4.69) is 31.3 Å². The highest BCUT2D eigenvalue weighted by Crippen LogP contribution is 2.28. The Kier molecular flexibility index (Phi) is 6.21. The summed E-state index contributed by atoms with van der Waals surface area (Å²) in [6, 6.07) is 6.24. The molecular weight excluding hydrogens is 266 g/mol. The van der Waals surface area contributed by atoms with Crippen LogP contribution < -0.4 is 10.1 Å². The lowest BCUT2D eigenvalue weighted by atomic mass is 9.98. The molecule has 0 fully saturated rings. The molecule has 1 N–H and O–H groups in total. The molecule has 0 heterocycles. The first kappa shape index (κ1) is 17.5. The topological polar surface area (TPSA) is 47.6 Å². The number of nitrogens with one attached hydrogen (secondary N) is 1. The number of hydrogen-bond acceptors (Lipinski definition) is 4. The molecule has 1 rings (SSSR count). The highest BCUT2D eigenvalue weighted by molar-refractivity contribution is 5.80. The minimum Gasteiger partial charge on any atom is -0.493 e. The van der Waals surface area contributed by atoms with Gasteiger partial charge in [0.2, 0.25) is 0 Å². The number of methoxy groups -OCH3 is 1. The van der Waals surface area contributed by atoms with E-state index in [1.54, 1.807) is 7.05 Å². The Bertz CT molecular complexity index is 485. The van der Waals surface area contributed by atoms with E-state index in [9.17, 15) is 4.79 Å². The van der Waals surface area contributed by atoms with E-state index in [0.717, 1.165) is 5.75 Å². The molecule has 1 aromatic rings. The van der Waals surface area contributed by atoms with Crippen LogP contribution in [0.4, 0.5) is 0 Å². The Morgan fingerprint density at radius 2 is 2.05 bits per heavy atom. The summed E-state index contributed by atoms with van der Waals surface area (Å²) >= 11 is 0. The van der Waals surface area contributed by atoms with Crippen LogP contribution in [0, 0.1) is 6.92 Å². The van der Waals surface area contributed by atoms with Gasteiger partial charge in [-0.15, -0.1) is 0 Å². The van der Waals surface area contributed by atoms with Crippen molar-refractivity contribution in [3.8, 4) is 5.75 Å². The monoisotopic (exact) mass is 293 g/mol. The Balaban J connectivity index is 2.76. The minimum atomic E-state index is -0.726. The fraction of sp³-hybridized carbons (Fsp3) is 0.588. The third-order valence-electron chi connectivity index (χ3n) is 3.84. The molecule has 0 spiro atoms. The molecule has 1 unspecified atom stereocenters. The number of esters is 1. The molecule has 118 valence electrons. The van der Waals surface area contributed by atoms with Gasteiger partial charge in [-0.2, -0.15) is 0 Å². The predicted molar refractivity (Wildman–Crippen MR) is 84.9 cm³/mol. The van der Waals surface area contributed by atoms with Crippen LogP contribution >= 0.6 is 0 Å². The van der Waals surface area contributed by atoms with Crippen molar-refractivity contribution in [2.45, 2.75) is 45.6 Å².